The number of nitrogens with one attached hydrogen (secondary N) is 1. The molecule has 122 valence electrons. The normalized spacial score (nSPS) is 18.0. The van der Waals surface area contributed by atoms with Crippen LogP contribution in [0.25, 0.3) is 0 Å². The molecule has 1 saturated heterocycles. The Bertz CT molecular complexity index is 717. The second-order valence-corrected chi connectivity index (χ2v) is 6.40. The van der Waals surface area contributed by atoms with E-state index in [1.807, 2.05) is 13.0 Å². The average molecular weight is 333 g/mol. The summed E-state index contributed by atoms with van der Waals surface area (Å²) in [7, 11) is 0. The largest absolute Gasteiger partial charge is 0.364 e. The van der Waals surface area contributed by atoms with Crippen molar-refractivity contribution in [2.75, 3.05) is 23.3 Å². The van der Waals surface area contributed by atoms with Crippen LogP contribution >= 0.6 is 11.5 Å². The molecule has 3 heterocycles. The molecule has 23 heavy (non-hydrogen) atoms. The van der Waals surface area contributed by atoms with Gasteiger partial charge in [-0.05, 0) is 37.4 Å². The molecule has 0 bridgehead atoms. The van der Waals surface area contributed by atoms with Crippen molar-refractivity contribution in [2.45, 2.75) is 25.8 Å². The van der Waals surface area contributed by atoms with Gasteiger partial charge in [-0.25, -0.2) is 9.97 Å². The number of carbonyl (C=O) groups is 1. The number of rotatable bonds is 4. The van der Waals surface area contributed by atoms with Crippen LogP contribution in [-0.2, 0) is 0 Å². The molecule has 0 aliphatic carbocycles. The van der Waals surface area contributed by atoms with E-state index in [9.17, 15) is 4.79 Å². The summed E-state index contributed by atoms with van der Waals surface area (Å²) in [6, 6.07) is 2.00. The smallest absolute Gasteiger partial charge is 0.271 e. The molecule has 0 aromatic carbocycles. The summed E-state index contributed by atoms with van der Waals surface area (Å²) < 4.78 is 4.20. The number of nitrogens with two attached hydrogens (primary N) is 2. The highest BCUT2D eigenvalue weighted by atomic mass is 32.1. The van der Waals surface area contributed by atoms with Gasteiger partial charge in [-0.15, -0.1) is 0 Å². The lowest BCUT2D eigenvalue weighted by molar-refractivity contribution is 0.0996. The molecule has 1 fully saturated rings. The zero-order valence-corrected chi connectivity index (χ0v) is 13.6. The van der Waals surface area contributed by atoms with Gasteiger partial charge in [0.25, 0.3) is 5.91 Å². The molecule has 8 nitrogen and oxygen atoms in total. The quantitative estimate of drug-likeness (QED) is 0.763. The first kappa shape index (κ1) is 15.6. The molecule has 1 unspecified atom stereocenters. The Balaban J connectivity index is 1.91. The second-order valence-electron chi connectivity index (χ2n) is 5.60. The van der Waals surface area contributed by atoms with Gasteiger partial charge in [0, 0.05) is 19.1 Å². The summed E-state index contributed by atoms with van der Waals surface area (Å²) >= 11 is 1.29. The third-order valence-corrected chi connectivity index (χ3v) is 4.44. The van der Waals surface area contributed by atoms with Gasteiger partial charge in [-0.1, -0.05) is 0 Å². The van der Waals surface area contributed by atoms with Gasteiger partial charge in [0.1, 0.15) is 10.8 Å². The SMILES string of the molecule is Cc1cc(Nc2nc(N3CCCC(N)C3)cnc2C(N)=O)sn1. The highest BCUT2D eigenvalue weighted by Gasteiger charge is 2.21. The van der Waals surface area contributed by atoms with Crippen molar-refractivity contribution in [3.63, 3.8) is 0 Å². The number of hydrogen-bond donors (Lipinski definition) is 3. The third kappa shape index (κ3) is 3.57. The van der Waals surface area contributed by atoms with E-state index in [1.54, 1.807) is 6.20 Å². The molecular formula is C14H19N7OS. The third-order valence-electron chi connectivity index (χ3n) is 3.64. The van der Waals surface area contributed by atoms with Crippen molar-refractivity contribution in [1.29, 1.82) is 0 Å². The minimum Gasteiger partial charge on any atom is -0.364 e. The van der Waals surface area contributed by atoms with Crippen LogP contribution in [0.1, 0.15) is 29.0 Å². The van der Waals surface area contributed by atoms with Crippen LogP contribution in [0.4, 0.5) is 16.6 Å². The van der Waals surface area contributed by atoms with Gasteiger partial charge in [-0.3, -0.25) is 4.79 Å². The van der Waals surface area contributed by atoms with Crippen LogP contribution in [0.2, 0.25) is 0 Å². The number of piperidine rings is 1. The van der Waals surface area contributed by atoms with E-state index in [0.717, 1.165) is 36.6 Å². The fraction of sp³-hybridized carbons (Fsp3) is 0.429. The predicted molar refractivity (Wildman–Crippen MR) is 90.1 cm³/mol. The molecule has 3 rings (SSSR count). The van der Waals surface area contributed by atoms with E-state index in [0.29, 0.717) is 11.6 Å². The molecule has 1 aliphatic heterocycles. The van der Waals surface area contributed by atoms with Gasteiger partial charge in [0.15, 0.2) is 11.5 Å². The van der Waals surface area contributed by atoms with Gasteiger partial charge >= 0.3 is 0 Å². The monoisotopic (exact) mass is 333 g/mol. The number of aryl methyl sites for hydroxylation is 1. The molecule has 1 amide bonds. The lowest BCUT2D eigenvalue weighted by Crippen LogP contribution is -2.43. The van der Waals surface area contributed by atoms with Gasteiger partial charge < -0.3 is 21.7 Å². The van der Waals surface area contributed by atoms with E-state index in [2.05, 4.69) is 24.6 Å². The molecule has 9 heteroatoms. The highest BCUT2D eigenvalue weighted by molar-refractivity contribution is 7.10. The Morgan fingerprint density at radius 2 is 2.35 bits per heavy atom. The minimum atomic E-state index is -0.622. The predicted octanol–water partition coefficient (Wildman–Crippen LogP) is 1.01. The minimum absolute atomic E-state index is 0.112. The molecule has 0 saturated carbocycles. The molecule has 1 atom stereocenters. The lowest BCUT2D eigenvalue weighted by Gasteiger charge is -2.31. The van der Waals surface area contributed by atoms with Crippen LogP contribution in [0, 0.1) is 6.92 Å². The Labute approximate surface area is 138 Å². The van der Waals surface area contributed by atoms with Crippen molar-refractivity contribution >= 4 is 34.1 Å². The Morgan fingerprint density at radius 1 is 1.52 bits per heavy atom. The molecular weight excluding hydrogens is 314 g/mol. The van der Waals surface area contributed by atoms with Crippen LogP contribution in [0.3, 0.4) is 0 Å². The number of primary amides is 1. The lowest BCUT2D eigenvalue weighted by atomic mass is 10.1. The first-order valence-corrected chi connectivity index (χ1v) is 8.18. The summed E-state index contributed by atoms with van der Waals surface area (Å²) in [6.07, 6.45) is 3.59. The number of carbonyl (C=O) groups excluding carboxylic acids is 1. The summed E-state index contributed by atoms with van der Waals surface area (Å²) in [5, 5.41) is 3.87. The summed E-state index contributed by atoms with van der Waals surface area (Å²) in [5.74, 6) is 0.412. The standard InChI is InChI=1S/C14H19N7OS/c1-8-5-11(23-20-8)19-14-12(13(16)22)17-6-10(18-14)21-4-2-3-9(15)7-21/h5-6,9H,2-4,7,15H2,1H3,(H2,16,22)(H,18,19). The Kier molecular flexibility index (Phi) is 4.39. The van der Waals surface area contributed by atoms with Crippen molar-refractivity contribution < 1.29 is 4.79 Å². The van der Waals surface area contributed by atoms with Crippen LogP contribution in [0.5, 0.6) is 0 Å². The molecule has 0 spiro atoms. The Morgan fingerprint density at radius 3 is 3.00 bits per heavy atom. The summed E-state index contributed by atoms with van der Waals surface area (Å²) in [4.78, 5) is 22.4. The molecule has 0 radical (unpaired) electrons. The maximum Gasteiger partial charge on any atom is 0.271 e. The van der Waals surface area contributed by atoms with Crippen molar-refractivity contribution in [3.8, 4) is 0 Å². The Hall–Kier alpha value is -2.26. The number of anilines is 3. The number of nitrogens with zero attached hydrogens (tertiary/aromatic N) is 4. The second kappa shape index (κ2) is 6.47. The molecule has 2 aromatic heterocycles. The van der Waals surface area contributed by atoms with E-state index < -0.39 is 5.91 Å². The van der Waals surface area contributed by atoms with Crippen molar-refractivity contribution in [3.05, 3.63) is 23.7 Å². The number of aromatic nitrogens is 3. The zero-order chi connectivity index (χ0) is 16.4. The first-order chi connectivity index (χ1) is 11.0. The molecule has 5 N–H and O–H groups in total. The fourth-order valence-corrected chi connectivity index (χ4v) is 3.22. The molecule has 2 aromatic rings. The zero-order valence-electron chi connectivity index (χ0n) is 12.8. The van der Waals surface area contributed by atoms with Crippen LogP contribution in [0.15, 0.2) is 12.3 Å². The van der Waals surface area contributed by atoms with Crippen molar-refractivity contribution in [1.82, 2.24) is 14.3 Å². The van der Waals surface area contributed by atoms with Gasteiger partial charge in [0.05, 0.1) is 11.9 Å². The van der Waals surface area contributed by atoms with E-state index in [4.69, 9.17) is 11.5 Å². The average Bonchev–Trinajstić information content (AvgIpc) is 2.92. The van der Waals surface area contributed by atoms with E-state index in [-0.39, 0.29) is 11.7 Å². The molecule has 1 aliphatic rings. The maximum absolute atomic E-state index is 11.6. The van der Waals surface area contributed by atoms with E-state index in [1.165, 1.54) is 11.5 Å². The number of amides is 1. The van der Waals surface area contributed by atoms with Gasteiger partial charge in [-0.2, -0.15) is 4.37 Å². The van der Waals surface area contributed by atoms with Crippen LogP contribution < -0.4 is 21.7 Å². The van der Waals surface area contributed by atoms with E-state index >= 15 is 0 Å². The van der Waals surface area contributed by atoms with Crippen molar-refractivity contribution in [2.24, 2.45) is 11.5 Å². The number of hydrogen-bond acceptors (Lipinski definition) is 8. The summed E-state index contributed by atoms with van der Waals surface area (Å²) in [6.45, 7) is 3.50. The van der Waals surface area contributed by atoms with Crippen LogP contribution in [-0.4, -0.2) is 39.4 Å². The summed E-state index contributed by atoms with van der Waals surface area (Å²) in [5.41, 5.74) is 12.4. The first-order valence-electron chi connectivity index (χ1n) is 7.40. The fourth-order valence-electron chi connectivity index (χ4n) is 2.56. The maximum atomic E-state index is 11.6. The highest BCUT2D eigenvalue weighted by Crippen LogP contribution is 2.25. The van der Waals surface area contributed by atoms with Gasteiger partial charge in [0.2, 0.25) is 0 Å². The topological polar surface area (TPSA) is 123 Å².